The summed E-state index contributed by atoms with van der Waals surface area (Å²) < 4.78 is 2.84. The number of rotatable bonds is 2. The van der Waals surface area contributed by atoms with Gasteiger partial charge in [0.1, 0.15) is 23.8 Å². The first-order valence-corrected chi connectivity index (χ1v) is 6.24. The zero-order valence-corrected chi connectivity index (χ0v) is 10.7. The Morgan fingerprint density at radius 1 is 0.900 bits per heavy atom. The van der Waals surface area contributed by atoms with E-state index in [2.05, 4.69) is 0 Å². The lowest BCUT2D eigenvalue weighted by Crippen LogP contribution is -2.51. The SMILES string of the molecule is O=c1n(-c2ccccc2)cc(O)c[n+]1-c1ccccc1. The van der Waals surface area contributed by atoms with Crippen LogP contribution < -0.4 is 10.3 Å². The Bertz CT molecular complexity index is 717. The molecule has 0 unspecified atom stereocenters. The maximum atomic E-state index is 12.5. The Hall–Kier alpha value is -2.88. The number of hydrogen-bond acceptors (Lipinski definition) is 2. The zero-order chi connectivity index (χ0) is 13.9. The van der Waals surface area contributed by atoms with Crippen LogP contribution in [-0.4, -0.2) is 9.67 Å². The molecular formula is C16H13N2O2+. The first kappa shape index (κ1) is 12.2. The number of nitrogens with zero attached hydrogens (tertiary/aromatic N) is 2. The van der Waals surface area contributed by atoms with Crippen molar-refractivity contribution in [1.29, 1.82) is 0 Å². The van der Waals surface area contributed by atoms with Crippen LogP contribution in [0, 0.1) is 0 Å². The lowest BCUT2D eigenvalue weighted by Gasteiger charge is -2.03. The average molecular weight is 265 g/mol. The molecule has 0 atom stereocenters. The Kier molecular flexibility index (Phi) is 3.05. The molecule has 1 heterocycles. The summed E-state index contributed by atoms with van der Waals surface area (Å²) in [4.78, 5) is 12.5. The predicted molar refractivity (Wildman–Crippen MR) is 75.2 cm³/mol. The molecule has 98 valence electrons. The van der Waals surface area contributed by atoms with Gasteiger partial charge < -0.3 is 5.11 Å². The van der Waals surface area contributed by atoms with E-state index in [-0.39, 0.29) is 11.4 Å². The largest absolute Gasteiger partial charge is 0.508 e. The van der Waals surface area contributed by atoms with Gasteiger partial charge in [-0.05, 0) is 24.3 Å². The smallest absolute Gasteiger partial charge is 0.502 e. The van der Waals surface area contributed by atoms with Gasteiger partial charge in [-0.1, -0.05) is 36.4 Å². The summed E-state index contributed by atoms with van der Waals surface area (Å²) in [6.07, 6.45) is 2.83. The molecule has 3 rings (SSSR count). The summed E-state index contributed by atoms with van der Waals surface area (Å²) in [5, 5.41) is 9.86. The van der Waals surface area contributed by atoms with Crippen LogP contribution in [-0.2, 0) is 0 Å². The number of aromatic nitrogens is 2. The van der Waals surface area contributed by atoms with Crippen molar-refractivity contribution in [2.24, 2.45) is 0 Å². The molecule has 0 saturated carbocycles. The summed E-state index contributed by atoms with van der Waals surface area (Å²) in [5.41, 5.74) is 1.18. The van der Waals surface area contributed by atoms with Crippen LogP contribution >= 0.6 is 0 Å². The third kappa shape index (κ3) is 2.19. The molecule has 3 aromatic rings. The summed E-state index contributed by atoms with van der Waals surface area (Å²) >= 11 is 0. The highest BCUT2D eigenvalue weighted by Gasteiger charge is 2.16. The molecule has 0 fully saturated rings. The molecule has 0 radical (unpaired) electrons. The monoisotopic (exact) mass is 265 g/mol. The molecule has 1 aromatic heterocycles. The van der Waals surface area contributed by atoms with Crippen LogP contribution in [0.25, 0.3) is 11.4 Å². The molecule has 0 aliphatic rings. The molecule has 4 nitrogen and oxygen atoms in total. The molecule has 0 amide bonds. The van der Waals surface area contributed by atoms with E-state index in [0.717, 1.165) is 0 Å². The van der Waals surface area contributed by atoms with E-state index < -0.39 is 0 Å². The Morgan fingerprint density at radius 3 is 2.15 bits per heavy atom. The van der Waals surface area contributed by atoms with Crippen LogP contribution in [0.15, 0.2) is 77.9 Å². The Balaban J connectivity index is 2.25. The van der Waals surface area contributed by atoms with E-state index in [1.165, 1.54) is 21.5 Å². The van der Waals surface area contributed by atoms with Gasteiger partial charge >= 0.3 is 5.69 Å². The van der Waals surface area contributed by atoms with Crippen molar-refractivity contribution < 1.29 is 9.67 Å². The van der Waals surface area contributed by atoms with E-state index in [1.54, 1.807) is 0 Å². The van der Waals surface area contributed by atoms with Crippen molar-refractivity contribution in [3.8, 4) is 17.1 Å². The first-order valence-electron chi connectivity index (χ1n) is 6.24. The van der Waals surface area contributed by atoms with Gasteiger partial charge in [-0.25, -0.2) is 0 Å². The van der Waals surface area contributed by atoms with Crippen molar-refractivity contribution in [2.45, 2.75) is 0 Å². The van der Waals surface area contributed by atoms with Crippen LogP contribution in [0.1, 0.15) is 0 Å². The minimum absolute atomic E-state index is 0.0253. The fourth-order valence-corrected chi connectivity index (χ4v) is 2.07. The lowest BCUT2D eigenvalue weighted by molar-refractivity contribution is -0.617. The fourth-order valence-electron chi connectivity index (χ4n) is 2.07. The molecule has 1 N–H and O–H groups in total. The van der Waals surface area contributed by atoms with Gasteiger partial charge in [0, 0.05) is 0 Å². The topological polar surface area (TPSA) is 46.1 Å². The highest BCUT2D eigenvalue weighted by atomic mass is 16.3. The highest BCUT2D eigenvalue weighted by molar-refractivity contribution is 5.32. The second kappa shape index (κ2) is 5.01. The van der Waals surface area contributed by atoms with Crippen molar-refractivity contribution >= 4 is 0 Å². The van der Waals surface area contributed by atoms with Crippen LogP contribution in [0.5, 0.6) is 5.75 Å². The van der Waals surface area contributed by atoms with E-state index in [4.69, 9.17) is 0 Å². The normalized spacial score (nSPS) is 10.4. The second-order valence-corrected chi connectivity index (χ2v) is 4.38. The Labute approximate surface area is 115 Å². The average Bonchev–Trinajstić information content (AvgIpc) is 2.51. The molecule has 0 aliphatic carbocycles. The van der Waals surface area contributed by atoms with Crippen LogP contribution in [0.3, 0.4) is 0 Å². The van der Waals surface area contributed by atoms with Crippen LogP contribution in [0.4, 0.5) is 0 Å². The minimum Gasteiger partial charge on any atom is -0.502 e. The van der Waals surface area contributed by atoms with Gasteiger partial charge in [0.25, 0.3) is 0 Å². The minimum atomic E-state index is -0.236. The van der Waals surface area contributed by atoms with Crippen molar-refractivity contribution in [2.75, 3.05) is 0 Å². The third-order valence-electron chi connectivity index (χ3n) is 3.00. The molecular weight excluding hydrogens is 252 g/mol. The van der Waals surface area contributed by atoms with Crippen molar-refractivity contribution in [1.82, 2.24) is 4.57 Å². The summed E-state index contributed by atoms with van der Waals surface area (Å²) in [6.45, 7) is 0. The molecule has 0 aliphatic heterocycles. The molecule has 0 bridgehead atoms. The number of hydrogen-bond donors (Lipinski definition) is 1. The standard InChI is InChI=1S/C16H12N2O2/c19-15-11-17(13-7-3-1-4-8-13)16(20)18(12-15)14-9-5-2-6-10-14/h1-12H/p+1. The molecule has 4 heteroatoms. The molecule has 0 saturated heterocycles. The van der Waals surface area contributed by atoms with Crippen molar-refractivity contribution in [3.63, 3.8) is 0 Å². The Morgan fingerprint density at radius 2 is 1.50 bits per heavy atom. The summed E-state index contributed by atoms with van der Waals surface area (Å²) in [6, 6.07) is 18.4. The third-order valence-corrected chi connectivity index (χ3v) is 3.00. The summed E-state index contributed by atoms with van der Waals surface area (Å²) in [5.74, 6) is 0.0253. The molecule has 2 aromatic carbocycles. The second-order valence-electron chi connectivity index (χ2n) is 4.38. The first-order chi connectivity index (χ1) is 9.75. The zero-order valence-electron chi connectivity index (χ0n) is 10.7. The lowest BCUT2D eigenvalue weighted by atomic mass is 10.3. The quantitative estimate of drug-likeness (QED) is 0.718. The number of aromatic hydroxyl groups is 1. The van der Waals surface area contributed by atoms with Gasteiger partial charge in [-0.15, -0.1) is 0 Å². The van der Waals surface area contributed by atoms with E-state index in [1.807, 2.05) is 60.7 Å². The number of benzene rings is 2. The maximum Gasteiger partial charge on any atom is 0.508 e. The van der Waals surface area contributed by atoms with E-state index in [0.29, 0.717) is 11.4 Å². The maximum absolute atomic E-state index is 12.5. The van der Waals surface area contributed by atoms with Gasteiger partial charge in [0.2, 0.25) is 0 Å². The predicted octanol–water partition coefficient (Wildman–Crippen LogP) is 1.82. The van der Waals surface area contributed by atoms with Gasteiger partial charge in [0.15, 0.2) is 5.75 Å². The van der Waals surface area contributed by atoms with Crippen LogP contribution in [0.2, 0.25) is 0 Å². The molecule has 0 spiro atoms. The van der Waals surface area contributed by atoms with E-state index in [9.17, 15) is 9.90 Å². The van der Waals surface area contributed by atoms with E-state index >= 15 is 0 Å². The number of para-hydroxylation sites is 2. The van der Waals surface area contributed by atoms with Gasteiger partial charge in [-0.2, -0.15) is 13.9 Å². The van der Waals surface area contributed by atoms with Gasteiger partial charge in [-0.3, -0.25) is 0 Å². The van der Waals surface area contributed by atoms with Crippen molar-refractivity contribution in [3.05, 3.63) is 83.5 Å². The fraction of sp³-hybridized carbons (Fsp3) is 0. The highest BCUT2D eigenvalue weighted by Crippen LogP contribution is 2.08. The summed E-state index contributed by atoms with van der Waals surface area (Å²) in [7, 11) is 0. The molecule has 20 heavy (non-hydrogen) atoms. The van der Waals surface area contributed by atoms with Gasteiger partial charge in [0.05, 0.1) is 0 Å².